The number of halogens is 2. The SMILES string of the molecule is CCN(C(C)c1nc2ccccc2c(=O)n1-c1cccc(Cl)c1)S(=O)(=O)c1ccc(Cl)cc1. The molecule has 0 aliphatic carbocycles. The first-order valence-corrected chi connectivity index (χ1v) is 12.5. The van der Waals surface area contributed by atoms with Gasteiger partial charge in [0.05, 0.1) is 27.5 Å². The van der Waals surface area contributed by atoms with E-state index in [-0.39, 0.29) is 17.0 Å². The van der Waals surface area contributed by atoms with E-state index in [0.29, 0.717) is 32.5 Å². The molecule has 0 N–H and O–H groups in total. The van der Waals surface area contributed by atoms with Crippen LogP contribution in [0.25, 0.3) is 16.6 Å². The van der Waals surface area contributed by atoms with Gasteiger partial charge in [0.25, 0.3) is 5.56 Å². The van der Waals surface area contributed by atoms with Gasteiger partial charge in [0, 0.05) is 16.6 Å². The van der Waals surface area contributed by atoms with E-state index in [1.807, 2.05) is 0 Å². The first-order valence-electron chi connectivity index (χ1n) is 10.3. The number of fused-ring (bicyclic) bond motifs is 1. The highest BCUT2D eigenvalue weighted by Crippen LogP contribution is 2.29. The van der Waals surface area contributed by atoms with E-state index in [0.717, 1.165) is 0 Å². The Morgan fingerprint density at radius 1 is 0.970 bits per heavy atom. The first kappa shape index (κ1) is 23.4. The molecule has 1 aromatic heterocycles. The molecule has 4 aromatic rings. The molecular formula is C24H21Cl2N3O3S. The molecule has 6 nitrogen and oxygen atoms in total. The molecular weight excluding hydrogens is 481 g/mol. The van der Waals surface area contributed by atoms with Crippen molar-refractivity contribution in [3.05, 3.63) is 99.0 Å². The van der Waals surface area contributed by atoms with E-state index in [2.05, 4.69) is 0 Å². The molecule has 1 unspecified atom stereocenters. The van der Waals surface area contributed by atoms with Crippen LogP contribution in [0.15, 0.2) is 82.5 Å². The fourth-order valence-corrected chi connectivity index (χ4v) is 5.73. The number of nitrogens with zero attached hydrogens (tertiary/aromatic N) is 3. The quantitative estimate of drug-likeness (QED) is 0.351. The Balaban J connectivity index is 1.95. The molecule has 9 heteroatoms. The third kappa shape index (κ3) is 4.42. The Morgan fingerprint density at radius 3 is 2.33 bits per heavy atom. The van der Waals surface area contributed by atoms with Crippen molar-refractivity contribution in [1.82, 2.24) is 13.9 Å². The van der Waals surface area contributed by atoms with E-state index < -0.39 is 16.1 Å². The summed E-state index contributed by atoms with van der Waals surface area (Å²) >= 11 is 12.1. The number of para-hydroxylation sites is 1. The predicted octanol–water partition coefficient (Wildman–Crippen LogP) is 5.46. The van der Waals surface area contributed by atoms with Crippen LogP contribution in [0.5, 0.6) is 0 Å². The van der Waals surface area contributed by atoms with E-state index in [4.69, 9.17) is 28.2 Å². The Morgan fingerprint density at radius 2 is 1.67 bits per heavy atom. The summed E-state index contributed by atoms with van der Waals surface area (Å²) in [4.78, 5) is 18.4. The number of sulfonamides is 1. The average molecular weight is 502 g/mol. The molecule has 1 atom stereocenters. The zero-order valence-corrected chi connectivity index (χ0v) is 20.3. The molecule has 0 aliphatic heterocycles. The largest absolute Gasteiger partial charge is 0.268 e. The van der Waals surface area contributed by atoms with Crippen LogP contribution < -0.4 is 5.56 Å². The summed E-state index contributed by atoms with van der Waals surface area (Å²) in [6.45, 7) is 3.63. The van der Waals surface area contributed by atoms with Crippen molar-refractivity contribution in [3.8, 4) is 5.69 Å². The van der Waals surface area contributed by atoms with Gasteiger partial charge >= 0.3 is 0 Å². The maximum Gasteiger partial charge on any atom is 0.266 e. The molecule has 0 radical (unpaired) electrons. The van der Waals surface area contributed by atoms with Gasteiger partial charge in [0.1, 0.15) is 5.82 Å². The predicted molar refractivity (Wildman–Crippen MR) is 132 cm³/mol. The second kappa shape index (κ2) is 9.27. The van der Waals surface area contributed by atoms with Gasteiger partial charge < -0.3 is 0 Å². The maximum atomic E-state index is 13.5. The molecule has 3 aromatic carbocycles. The third-order valence-corrected chi connectivity index (χ3v) is 7.95. The fourth-order valence-electron chi connectivity index (χ4n) is 3.82. The molecule has 4 rings (SSSR count). The number of hydrogen-bond acceptors (Lipinski definition) is 4. The van der Waals surface area contributed by atoms with Gasteiger partial charge in [-0.15, -0.1) is 0 Å². The van der Waals surface area contributed by atoms with Gasteiger partial charge in [-0.25, -0.2) is 13.4 Å². The molecule has 0 spiro atoms. The summed E-state index contributed by atoms with van der Waals surface area (Å²) in [5.41, 5.74) is 0.694. The molecule has 0 amide bonds. The van der Waals surface area contributed by atoms with Crippen molar-refractivity contribution < 1.29 is 8.42 Å². The molecule has 170 valence electrons. The highest BCUT2D eigenvalue weighted by atomic mass is 35.5. The second-order valence-corrected chi connectivity index (χ2v) is 10.2. The number of benzene rings is 3. The number of hydrogen-bond donors (Lipinski definition) is 0. The van der Waals surface area contributed by atoms with Crippen LogP contribution in [-0.2, 0) is 10.0 Å². The van der Waals surface area contributed by atoms with Crippen molar-refractivity contribution in [2.24, 2.45) is 0 Å². The zero-order chi connectivity index (χ0) is 23.8. The van der Waals surface area contributed by atoms with Crippen LogP contribution in [-0.4, -0.2) is 28.8 Å². The topological polar surface area (TPSA) is 72.3 Å². The summed E-state index contributed by atoms with van der Waals surface area (Å²) < 4.78 is 29.7. The van der Waals surface area contributed by atoms with Crippen LogP contribution in [0.4, 0.5) is 0 Å². The van der Waals surface area contributed by atoms with Crippen LogP contribution in [0, 0.1) is 0 Å². The monoisotopic (exact) mass is 501 g/mol. The summed E-state index contributed by atoms with van der Waals surface area (Å²) in [6.07, 6.45) is 0. The first-order chi connectivity index (χ1) is 15.7. The van der Waals surface area contributed by atoms with Gasteiger partial charge in [0.15, 0.2) is 0 Å². The van der Waals surface area contributed by atoms with Crippen molar-refractivity contribution in [2.75, 3.05) is 6.54 Å². The van der Waals surface area contributed by atoms with Crippen molar-refractivity contribution in [2.45, 2.75) is 24.8 Å². The van der Waals surface area contributed by atoms with E-state index >= 15 is 0 Å². The normalized spacial score (nSPS) is 12.9. The van der Waals surface area contributed by atoms with Crippen molar-refractivity contribution >= 4 is 44.1 Å². The Kier molecular flexibility index (Phi) is 6.59. The van der Waals surface area contributed by atoms with E-state index in [9.17, 15) is 13.2 Å². The molecule has 0 fully saturated rings. The van der Waals surface area contributed by atoms with Gasteiger partial charge in [0.2, 0.25) is 10.0 Å². The third-order valence-electron chi connectivity index (χ3n) is 5.41. The molecule has 0 aliphatic rings. The summed E-state index contributed by atoms with van der Waals surface area (Å²) in [7, 11) is -3.90. The second-order valence-electron chi connectivity index (χ2n) is 7.45. The Bertz CT molecular complexity index is 1490. The maximum absolute atomic E-state index is 13.5. The highest BCUT2D eigenvalue weighted by molar-refractivity contribution is 7.89. The van der Waals surface area contributed by atoms with Crippen LogP contribution >= 0.6 is 23.2 Å². The minimum atomic E-state index is -3.90. The molecule has 0 saturated carbocycles. The number of rotatable bonds is 6. The van der Waals surface area contributed by atoms with Crippen LogP contribution in [0.3, 0.4) is 0 Å². The van der Waals surface area contributed by atoms with Gasteiger partial charge in [-0.3, -0.25) is 9.36 Å². The standard InChI is InChI=1S/C24H21Cl2N3O3S/c1-3-28(33(31,32)20-13-11-17(25)12-14-20)16(2)23-27-22-10-5-4-9-21(22)24(30)29(23)19-8-6-7-18(26)15-19/h4-16H,3H2,1-2H3. The summed E-state index contributed by atoms with van der Waals surface area (Å²) in [5.74, 6) is 0.292. The molecule has 0 saturated heterocycles. The number of aromatic nitrogens is 2. The molecule has 0 bridgehead atoms. The minimum Gasteiger partial charge on any atom is -0.268 e. The van der Waals surface area contributed by atoms with Crippen molar-refractivity contribution in [3.63, 3.8) is 0 Å². The Hall–Kier alpha value is -2.71. The lowest BCUT2D eigenvalue weighted by Gasteiger charge is -2.28. The zero-order valence-electron chi connectivity index (χ0n) is 17.9. The van der Waals surface area contributed by atoms with Gasteiger partial charge in [-0.2, -0.15) is 4.31 Å². The van der Waals surface area contributed by atoms with Gasteiger partial charge in [-0.05, 0) is 61.5 Å². The van der Waals surface area contributed by atoms with Gasteiger partial charge in [-0.1, -0.05) is 48.3 Å². The van der Waals surface area contributed by atoms with Crippen LogP contribution in [0.1, 0.15) is 25.7 Å². The lowest BCUT2D eigenvalue weighted by Crippen LogP contribution is -2.37. The fraction of sp³-hybridized carbons (Fsp3) is 0.167. The minimum absolute atomic E-state index is 0.109. The Labute approximate surface area is 202 Å². The molecule has 1 heterocycles. The van der Waals surface area contributed by atoms with E-state index in [1.165, 1.54) is 33.1 Å². The lowest BCUT2D eigenvalue weighted by atomic mass is 10.2. The summed E-state index contributed by atoms with van der Waals surface area (Å²) in [5, 5.41) is 1.32. The smallest absolute Gasteiger partial charge is 0.266 e. The lowest BCUT2D eigenvalue weighted by molar-refractivity contribution is 0.340. The van der Waals surface area contributed by atoms with E-state index in [1.54, 1.807) is 62.4 Å². The summed E-state index contributed by atoms with van der Waals surface area (Å²) in [6, 6.07) is 19.0. The molecule has 33 heavy (non-hydrogen) atoms. The average Bonchev–Trinajstić information content (AvgIpc) is 2.79. The van der Waals surface area contributed by atoms with Crippen LogP contribution in [0.2, 0.25) is 10.0 Å². The highest BCUT2D eigenvalue weighted by Gasteiger charge is 2.32. The van der Waals surface area contributed by atoms with Crippen molar-refractivity contribution in [1.29, 1.82) is 0 Å².